The molecule has 25 heavy (non-hydrogen) atoms. The second kappa shape index (κ2) is 9.29. The Kier molecular flexibility index (Phi) is 7.38. The number of aryl methyl sites for hydroxylation is 2. The molecular formula is C18H29N3O3S. The minimum Gasteiger partial charge on any atom is -0.376 e. The monoisotopic (exact) mass is 367 g/mol. The van der Waals surface area contributed by atoms with Gasteiger partial charge in [0, 0.05) is 23.9 Å². The lowest BCUT2D eigenvalue weighted by Crippen LogP contribution is -2.44. The van der Waals surface area contributed by atoms with Crippen LogP contribution in [0.3, 0.4) is 0 Å². The van der Waals surface area contributed by atoms with Crippen LogP contribution in [0.5, 0.6) is 0 Å². The average molecular weight is 368 g/mol. The average Bonchev–Trinajstić information content (AvgIpc) is 3.18. The van der Waals surface area contributed by atoms with E-state index >= 15 is 0 Å². The van der Waals surface area contributed by atoms with Crippen molar-refractivity contribution in [2.75, 3.05) is 25.0 Å². The number of anilines is 1. The predicted octanol–water partition coefficient (Wildman–Crippen LogP) is 3.14. The van der Waals surface area contributed by atoms with E-state index in [4.69, 9.17) is 4.74 Å². The summed E-state index contributed by atoms with van der Waals surface area (Å²) < 4.78 is 5.66. The van der Waals surface area contributed by atoms with Crippen LogP contribution in [0.25, 0.3) is 0 Å². The molecule has 140 valence electrons. The van der Waals surface area contributed by atoms with E-state index in [-0.39, 0.29) is 30.4 Å². The third kappa shape index (κ3) is 5.51. The summed E-state index contributed by atoms with van der Waals surface area (Å²) in [6, 6.07) is 0. The zero-order valence-corrected chi connectivity index (χ0v) is 16.4. The normalized spacial score (nSPS) is 17.1. The van der Waals surface area contributed by atoms with E-state index in [0.29, 0.717) is 11.7 Å². The summed E-state index contributed by atoms with van der Waals surface area (Å²) in [7, 11) is 0. The van der Waals surface area contributed by atoms with Gasteiger partial charge in [-0.05, 0) is 39.5 Å². The van der Waals surface area contributed by atoms with Crippen LogP contribution in [-0.4, -0.2) is 47.5 Å². The van der Waals surface area contributed by atoms with Crippen LogP contribution in [0, 0.1) is 19.8 Å². The van der Waals surface area contributed by atoms with Gasteiger partial charge >= 0.3 is 0 Å². The van der Waals surface area contributed by atoms with Crippen LogP contribution >= 0.6 is 11.3 Å². The fraction of sp³-hybridized carbons (Fsp3) is 0.722. The molecule has 0 aromatic carbocycles. The molecule has 0 spiro atoms. The molecule has 1 unspecified atom stereocenters. The first-order valence-corrected chi connectivity index (χ1v) is 9.90. The van der Waals surface area contributed by atoms with E-state index in [1.54, 1.807) is 4.90 Å². The second-order valence-corrected chi connectivity index (χ2v) is 7.78. The smallest absolute Gasteiger partial charge is 0.245 e. The summed E-state index contributed by atoms with van der Waals surface area (Å²) in [6.07, 6.45) is 3.56. The summed E-state index contributed by atoms with van der Waals surface area (Å²) in [4.78, 5) is 32.3. The van der Waals surface area contributed by atoms with Crippen molar-refractivity contribution in [2.24, 2.45) is 5.92 Å². The molecule has 1 fully saturated rings. The van der Waals surface area contributed by atoms with Gasteiger partial charge in [0.2, 0.25) is 11.8 Å². The maximum atomic E-state index is 12.8. The van der Waals surface area contributed by atoms with Gasteiger partial charge < -0.3 is 15.0 Å². The highest BCUT2D eigenvalue weighted by atomic mass is 32.1. The van der Waals surface area contributed by atoms with Gasteiger partial charge in [-0.25, -0.2) is 4.98 Å². The van der Waals surface area contributed by atoms with Crippen LogP contribution in [-0.2, 0) is 14.3 Å². The molecular weight excluding hydrogens is 338 g/mol. The zero-order valence-electron chi connectivity index (χ0n) is 15.6. The third-order valence-corrected chi connectivity index (χ3v) is 5.69. The van der Waals surface area contributed by atoms with Gasteiger partial charge in [0.1, 0.15) is 6.54 Å². The molecule has 1 aromatic rings. The van der Waals surface area contributed by atoms with Gasteiger partial charge in [0.25, 0.3) is 0 Å². The first-order chi connectivity index (χ1) is 11.9. The number of carbonyl (C=O) groups is 2. The highest BCUT2D eigenvalue weighted by molar-refractivity contribution is 7.15. The van der Waals surface area contributed by atoms with Crippen molar-refractivity contribution >= 4 is 28.3 Å². The third-order valence-electron chi connectivity index (χ3n) is 4.70. The van der Waals surface area contributed by atoms with Crippen molar-refractivity contribution in [3.63, 3.8) is 0 Å². The maximum absolute atomic E-state index is 12.8. The van der Waals surface area contributed by atoms with E-state index < -0.39 is 0 Å². The van der Waals surface area contributed by atoms with Gasteiger partial charge in [0.05, 0.1) is 11.8 Å². The molecule has 6 nitrogen and oxygen atoms in total. The fourth-order valence-corrected chi connectivity index (χ4v) is 3.85. The van der Waals surface area contributed by atoms with Gasteiger partial charge in [-0.3, -0.25) is 9.59 Å². The number of aromatic nitrogens is 1. The number of nitrogens with one attached hydrogen (secondary N) is 1. The minimum atomic E-state index is -0.203. The molecule has 2 heterocycles. The molecule has 1 aliphatic heterocycles. The zero-order chi connectivity index (χ0) is 18.4. The van der Waals surface area contributed by atoms with Crippen molar-refractivity contribution in [1.29, 1.82) is 0 Å². The number of hydrogen-bond donors (Lipinski definition) is 1. The summed E-state index contributed by atoms with van der Waals surface area (Å²) in [6.45, 7) is 9.19. The molecule has 0 saturated carbocycles. The van der Waals surface area contributed by atoms with Crippen LogP contribution in [0.4, 0.5) is 5.13 Å². The Morgan fingerprint density at radius 3 is 2.60 bits per heavy atom. The maximum Gasteiger partial charge on any atom is 0.245 e. The molecule has 0 radical (unpaired) electrons. The predicted molar refractivity (Wildman–Crippen MR) is 99.8 cm³/mol. The number of nitrogens with zero attached hydrogens (tertiary/aromatic N) is 2. The first kappa shape index (κ1) is 19.8. The molecule has 1 aliphatic rings. The molecule has 2 amide bonds. The topological polar surface area (TPSA) is 71.5 Å². The van der Waals surface area contributed by atoms with Gasteiger partial charge in [-0.2, -0.15) is 0 Å². The van der Waals surface area contributed by atoms with Gasteiger partial charge in [0.15, 0.2) is 5.13 Å². The standard InChI is InChI=1S/C18H29N3O3S/c1-5-14(6-2)17(23)21(10-15-8-7-9-24-15)11-16(22)20-18-19-12(3)13(4)25-18/h14-15H,5-11H2,1-4H3,(H,19,20,22). The van der Waals surface area contributed by atoms with Crippen LogP contribution in [0.15, 0.2) is 0 Å². The number of thiazole rings is 1. The van der Waals surface area contributed by atoms with E-state index in [0.717, 1.165) is 42.9 Å². The Bertz CT molecular complexity index is 573. The fourth-order valence-electron chi connectivity index (χ4n) is 3.02. The second-order valence-electron chi connectivity index (χ2n) is 6.58. The molecule has 0 aliphatic carbocycles. The summed E-state index contributed by atoms with van der Waals surface area (Å²) in [5.74, 6) is -0.202. The lowest BCUT2D eigenvalue weighted by atomic mass is 10.0. The number of ether oxygens (including phenoxy) is 1. The number of hydrogen-bond acceptors (Lipinski definition) is 5. The quantitative estimate of drug-likeness (QED) is 0.766. The van der Waals surface area contributed by atoms with E-state index in [1.807, 2.05) is 27.7 Å². The number of rotatable bonds is 8. The Labute approximate surface area is 154 Å². The van der Waals surface area contributed by atoms with E-state index in [9.17, 15) is 9.59 Å². The van der Waals surface area contributed by atoms with Crippen molar-refractivity contribution < 1.29 is 14.3 Å². The lowest BCUT2D eigenvalue weighted by Gasteiger charge is -2.28. The molecule has 1 N–H and O–H groups in total. The van der Waals surface area contributed by atoms with Gasteiger partial charge in [-0.15, -0.1) is 11.3 Å². The Morgan fingerprint density at radius 2 is 2.08 bits per heavy atom. The van der Waals surface area contributed by atoms with Crippen LogP contribution in [0.2, 0.25) is 0 Å². The lowest BCUT2D eigenvalue weighted by molar-refractivity contribution is -0.140. The van der Waals surface area contributed by atoms with Crippen molar-refractivity contribution in [3.05, 3.63) is 10.6 Å². The molecule has 1 saturated heterocycles. The molecule has 2 rings (SSSR count). The van der Waals surface area contributed by atoms with Crippen molar-refractivity contribution in [3.8, 4) is 0 Å². The highest BCUT2D eigenvalue weighted by Gasteiger charge is 2.28. The van der Waals surface area contributed by atoms with Crippen LogP contribution in [0.1, 0.15) is 50.1 Å². The highest BCUT2D eigenvalue weighted by Crippen LogP contribution is 2.21. The molecule has 0 bridgehead atoms. The Balaban J connectivity index is 2.02. The van der Waals surface area contributed by atoms with Crippen molar-refractivity contribution in [2.45, 2.75) is 59.5 Å². The summed E-state index contributed by atoms with van der Waals surface area (Å²) in [5, 5.41) is 3.41. The minimum absolute atomic E-state index is 0.0375. The van der Waals surface area contributed by atoms with E-state index in [1.165, 1.54) is 11.3 Å². The SMILES string of the molecule is CCC(CC)C(=O)N(CC(=O)Nc1nc(C)c(C)s1)CC1CCCO1. The van der Waals surface area contributed by atoms with Crippen LogP contribution < -0.4 is 5.32 Å². The molecule has 1 atom stereocenters. The number of carbonyl (C=O) groups excluding carboxylic acids is 2. The molecule has 7 heteroatoms. The Hall–Kier alpha value is -1.47. The molecule has 1 aromatic heterocycles. The summed E-state index contributed by atoms with van der Waals surface area (Å²) in [5.41, 5.74) is 0.921. The van der Waals surface area contributed by atoms with Gasteiger partial charge in [-0.1, -0.05) is 13.8 Å². The largest absolute Gasteiger partial charge is 0.376 e. The first-order valence-electron chi connectivity index (χ1n) is 9.08. The Morgan fingerprint density at radius 1 is 1.36 bits per heavy atom. The summed E-state index contributed by atoms with van der Waals surface area (Å²) >= 11 is 1.46. The van der Waals surface area contributed by atoms with E-state index in [2.05, 4.69) is 10.3 Å². The number of amides is 2. The van der Waals surface area contributed by atoms with Crippen molar-refractivity contribution in [1.82, 2.24) is 9.88 Å².